The SMILES string of the molecule is CC(C)(C)C(=O)Nc1cccc(NC(=O)CCn2ncc(=O)c3ccccc32)c1. The van der Waals surface area contributed by atoms with E-state index in [2.05, 4.69) is 15.7 Å². The summed E-state index contributed by atoms with van der Waals surface area (Å²) in [5, 5.41) is 10.4. The molecule has 0 aliphatic heterocycles. The van der Waals surface area contributed by atoms with Crippen molar-refractivity contribution < 1.29 is 9.59 Å². The Morgan fingerprint density at radius 3 is 2.41 bits per heavy atom. The summed E-state index contributed by atoms with van der Waals surface area (Å²) in [6.07, 6.45) is 1.46. The zero-order chi connectivity index (χ0) is 21.0. The monoisotopic (exact) mass is 392 g/mol. The summed E-state index contributed by atoms with van der Waals surface area (Å²) in [6, 6.07) is 14.2. The van der Waals surface area contributed by atoms with E-state index in [-0.39, 0.29) is 23.7 Å². The minimum absolute atomic E-state index is 0.0999. The van der Waals surface area contributed by atoms with Crippen LogP contribution in [0, 0.1) is 5.41 Å². The van der Waals surface area contributed by atoms with Crippen molar-refractivity contribution in [2.75, 3.05) is 10.6 Å². The Kier molecular flexibility index (Phi) is 5.77. The molecule has 0 fully saturated rings. The normalized spacial score (nSPS) is 11.3. The summed E-state index contributed by atoms with van der Waals surface area (Å²) in [7, 11) is 0. The van der Waals surface area contributed by atoms with E-state index >= 15 is 0 Å². The second kappa shape index (κ2) is 8.26. The predicted molar refractivity (Wildman–Crippen MR) is 114 cm³/mol. The summed E-state index contributed by atoms with van der Waals surface area (Å²) in [6.45, 7) is 5.85. The average Bonchev–Trinajstić information content (AvgIpc) is 2.67. The Balaban J connectivity index is 1.65. The van der Waals surface area contributed by atoms with E-state index in [1.165, 1.54) is 6.20 Å². The lowest BCUT2D eigenvalue weighted by molar-refractivity contribution is -0.123. The van der Waals surface area contributed by atoms with Crippen LogP contribution >= 0.6 is 0 Å². The first kappa shape index (κ1) is 20.3. The quantitative estimate of drug-likeness (QED) is 0.696. The van der Waals surface area contributed by atoms with Crippen molar-refractivity contribution in [1.29, 1.82) is 0 Å². The Morgan fingerprint density at radius 1 is 1.00 bits per heavy atom. The van der Waals surface area contributed by atoms with Gasteiger partial charge in [0.2, 0.25) is 17.2 Å². The molecule has 0 bridgehead atoms. The van der Waals surface area contributed by atoms with Gasteiger partial charge in [-0.05, 0) is 30.3 Å². The first-order valence-corrected chi connectivity index (χ1v) is 9.40. The third-order valence-corrected chi connectivity index (χ3v) is 4.40. The van der Waals surface area contributed by atoms with E-state index < -0.39 is 5.41 Å². The Hall–Kier alpha value is -3.48. The molecule has 0 atom stereocenters. The Labute approximate surface area is 168 Å². The molecular weight excluding hydrogens is 368 g/mol. The number of rotatable bonds is 5. The van der Waals surface area contributed by atoms with Crippen LogP contribution in [0.2, 0.25) is 0 Å². The highest BCUT2D eigenvalue weighted by molar-refractivity contribution is 5.96. The van der Waals surface area contributed by atoms with E-state index in [0.29, 0.717) is 28.8 Å². The van der Waals surface area contributed by atoms with Crippen LogP contribution in [0.4, 0.5) is 11.4 Å². The summed E-state index contributed by atoms with van der Waals surface area (Å²) >= 11 is 0. The molecule has 0 aliphatic carbocycles. The maximum atomic E-state index is 12.4. The highest BCUT2D eigenvalue weighted by Gasteiger charge is 2.21. The van der Waals surface area contributed by atoms with Gasteiger partial charge in [-0.25, -0.2) is 0 Å². The number of benzene rings is 2. The molecule has 2 amide bonds. The number of para-hydroxylation sites is 1. The van der Waals surface area contributed by atoms with Crippen LogP contribution in [0.5, 0.6) is 0 Å². The lowest BCUT2D eigenvalue weighted by Gasteiger charge is -2.18. The number of amides is 2. The summed E-state index contributed by atoms with van der Waals surface area (Å²) in [5.41, 5.74) is 1.26. The molecule has 3 aromatic rings. The van der Waals surface area contributed by atoms with E-state index in [1.807, 2.05) is 32.9 Å². The molecule has 2 N–H and O–H groups in total. The lowest BCUT2D eigenvalue weighted by atomic mass is 9.95. The fourth-order valence-electron chi connectivity index (χ4n) is 2.76. The number of nitrogens with one attached hydrogen (secondary N) is 2. The Bertz CT molecular complexity index is 1110. The van der Waals surface area contributed by atoms with Gasteiger partial charge in [0.15, 0.2) is 0 Å². The van der Waals surface area contributed by atoms with Crippen molar-refractivity contribution in [1.82, 2.24) is 9.78 Å². The van der Waals surface area contributed by atoms with Gasteiger partial charge in [-0.15, -0.1) is 0 Å². The third kappa shape index (κ3) is 5.07. The van der Waals surface area contributed by atoms with Crippen molar-refractivity contribution >= 4 is 34.1 Å². The van der Waals surface area contributed by atoms with Crippen LogP contribution in [0.15, 0.2) is 59.5 Å². The molecule has 0 saturated heterocycles. The number of aromatic nitrogens is 2. The van der Waals surface area contributed by atoms with Gasteiger partial charge in [0.1, 0.15) is 0 Å². The first-order chi connectivity index (χ1) is 13.7. The summed E-state index contributed by atoms with van der Waals surface area (Å²) in [4.78, 5) is 36.4. The largest absolute Gasteiger partial charge is 0.326 e. The standard InChI is InChI=1S/C22H24N4O3/c1-22(2,3)21(29)25-16-8-6-7-15(13-16)24-20(28)11-12-26-18-10-5-4-9-17(18)19(27)14-23-26/h4-10,13-14H,11-12H2,1-3H3,(H,24,28)(H,25,29). The van der Waals surface area contributed by atoms with Crippen molar-refractivity contribution in [3.63, 3.8) is 0 Å². The van der Waals surface area contributed by atoms with E-state index in [9.17, 15) is 14.4 Å². The van der Waals surface area contributed by atoms with Gasteiger partial charge >= 0.3 is 0 Å². The molecule has 0 radical (unpaired) electrons. The maximum Gasteiger partial charge on any atom is 0.229 e. The number of hydrogen-bond acceptors (Lipinski definition) is 4. The van der Waals surface area contributed by atoms with Crippen molar-refractivity contribution in [2.24, 2.45) is 5.41 Å². The molecule has 0 saturated carbocycles. The molecule has 1 heterocycles. The molecule has 7 nitrogen and oxygen atoms in total. The number of carbonyl (C=O) groups excluding carboxylic acids is 2. The molecule has 7 heteroatoms. The highest BCUT2D eigenvalue weighted by Crippen LogP contribution is 2.20. The zero-order valence-electron chi connectivity index (χ0n) is 16.7. The number of fused-ring (bicyclic) bond motifs is 1. The predicted octanol–water partition coefficient (Wildman–Crippen LogP) is 3.41. The third-order valence-electron chi connectivity index (χ3n) is 4.40. The molecule has 0 unspecified atom stereocenters. The number of aryl methyl sites for hydroxylation is 1. The van der Waals surface area contributed by atoms with Crippen LogP contribution in [0.1, 0.15) is 27.2 Å². The zero-order valence-corrected chi connectivity index (χ0v) is 16.7. The molecule has 150 valence electrons. The van der Waals surface area contributed by atoms with E-state index in [1.54, 1.807) is 41.1 Å². The molecule has 2 aromatic carbocycles. The highest BCUT2D eigenvalue weighted by atomic mass is 16.2. The summed E-state index contributed by atoms with van der Waals surface area (Å²) < 4.78 is 1.65. The van der Waals surface area contributed by atoms with Gasteiger partial charge in [-0.1, -0.05) is 39.0 Å². The van der Waals surface area contributed by atoms with Gasteiger partial charge in [0.25, 0.3) is 0 Å². The minimum atomic E-state index is -0.508. The topological polar surface area (TPSA) is 93.1 Å². The van der Waals surface area contributed by atoms with Crippen LogP contribution < -0.4 is 16.1 Å². The number of nitrogens with zero attached hydrogens (tertiary/aromatic N) is 2. The van der Waals surface area contributed by atoms with Crippen LogP contribution in [-0.4, -0.2) is 21.6 Å². The van der Waals surface area contributed by atoms with Crippen LogP contribution in [0.3, 0.4) is 0 Å². The summed E-state index contributed by atoms with van der Waals surface area (Å²) in [5.74, 6) is -0.286. The Morgan fingerprint density at radius 2 is 1.69 bits per heavy atom. The number of carbonyl (C=O) groups is 2. The van der Waals surface area contributed by atoms with Gasteiger partial charge in [0.05, 0.1) is 18.3 Å². The lowest BCUT2D eigenvalue weighted by Crippen LogP contribution is -2.27. The van der Waals surface area contributed by atoms with Crippen LogP contribution in [-0.2, 0) is 16.1 Å². The molecule has 3 rings (SSSR count). The number of anilines is 2. The number of hydrogen-bond donors (Lipinski definition) is 2. The van der Waals surface area contributed by atoms with Gasteiger partial charge in [0, 0.05) is 28.6 Å². The van der Waals surface area contributed by atoms with Crippen molar-refractivity contribution in [3.05, 3.63) is 65.0 Å². The molecule has 1 aromatic heterocycles. The van der Waals surface area contributed by atoms with Crippen molar-refractivity contribution in [3.8, 4) is 0 Å². The maximum absolute atomic E-state index is 12.4. The average molecular weight is 392 g/mol. The van der Waals surface area contributed by atoms with E-state index in [4.69, 9.17) is 0 Å². The first-order valence-electron chi connectivity index (χ1n) is 9.40. The van der Waals surface area contributed by atoms with Gasteiger partial charge in [-0.2, -0.15) is 5.10 Å². The van der Waals surface area contributed by atoms with E-state index in [0.717, 1.165) is 0 Å². The van der Waals surface area contributed by atoms with Gasteiger partial charge in [-0.3, -0.25) is 19.1 Å². The fourth-order valence-corrected chi connectivity index (χ4v) is 2.76. The molecule has 29 heavy (non-hydrogen) atoms. The van der Waals surface area contributed by atoms with Crippen molar-refractivity contribution in [2.45, 2.75) is 33.7 Å². The molecular formula is C22H24N4O3. The van der Waals surface area contributed by atoms with Crippen LogP contribution in [0.25, 0.3) is 10.9 Å². The second-order valence-corrected chi connectivity index (χ2v) is 7.83. The molecule has 0 spiro atoms. The minimum Gasteiger partial charge on any atom is -0.326 e. The smallest absolute Gasteiger partial charge is 0.229 e. The fraction of sp³-hybridized carbons (Fsp3) is 0.273. The van der Waals surface area contributed by atoms with Gasteiger partial charge < -0.3 is 10.6 Å². The molecule has 0 aliphatic rings. The second-order valence-electron chi connectivity index (χ2n) is 7.83.